The van der Waals surface area contributed by atoms with Crippen molar-refractivity contribution in [2.45, 2.75) is 32.7 Å². The van der Waals surface area contributed by atoms with Gasteiger partial charge in [-0.2, -0.15) is 0 Å². The average molecular weight is 310 g/mol. The summed E-state index contributed by atoms with van der Waals surface area (Å²) in [6.07, 6.45) is 1.20. The molecular weight excluding hydrogens is 289 g/mol. The van der Waals surface area contributed by atoms with E-state index in [-0.39, 0.29) is 5.82 Å². The minimum atomic E-state index is -0.203. The number of aryl methyl sites for hydroxylation is 1. The van der Waals surface area contributed by atoms with Crippen molar-refractivity contribution in [3.8, 4) is 0 Å². The predicted octanol–water partition coefficient (Wildman–Crippen LogP) is 3.56. The van der Waals surface area contributed by atoms with Crippen molar-refractivity contribution in [2.24, 2.45) is 5.92 Å². The molecule has 0 aliphatic carbocycles. The molecule has 3 nitrogen and oxygen atoms in total. The molecule has 1 saturated heterocycles. The molecule has 2 heterocycles. The Labute approximate surface area is 129 Å². The largest absolute Gasteiger partial charge is 0.327 e. The third kappa shape index (κ3) is 2.79. The van der Waals surface area contributed by atoms with Crippen LogP contribution in [0.2, 0.25) is 0 Å². The summed E-state index contributed by atoms with van der Waals surface area (Å²) in [6, 6.07) is 3.41. The maximum Gasteiger partial charge on any atom is 0.128 e. The van der Waals surface area contributed by atoms with E-state index in [1.54, 1.807) is 6.92 Å². The first-order valence-corrected chi connectivity index (χ1v) is 8.09. The van der Waals surface area contributed by atoms with Crippen LogP contribution in [-0.4, -0.2) is 34.1 Å². The molecule has 0 saturated carbocycles. The highest BCUT2D eigenvalue weighted by Gasteiger charge is 2.23. The Balaban J connectivity index is 1.95. The molecule has 2 aromatic rings. The molecular formula is C16H21ClFN3. The lowest BCUT2D eigenvalue weighted by Gasteiger charge is -2.15. The highest BCUT2D eigenvalue weighted by Crippen LogP contribution is 2.25. The summed E-state index contributed by atoms with van der Waals surface area (Å²) in [5.74, 6) is 1.62. The predicted molar refractivity (Wildman–Crippen MR) is 84.2 cm³/mol. The molecule has 1 aromatic heterocycles. The van der Waals surface area contributed by atoms with E-state index in [1.807, 2.05) is 6.07 Å². The van der Waals surface area contributed by atoms with Gasteiger partial charge in [0, 0.05) is 19.2 Å². The summed E-state index contributed by atoms with van der Waals surface area (Å²) in [4.78, 5) is 6.96. The second-order valence-corrected chi connectivity index (χ2v) is 6.18. The van der Waals surface area contributed by atoms with Gasteiger partial charge in [0.15, 0.2) is 0 Å². The molecule has 3 rings (SSSR count). The van der Waals surface area contributed by atoms with Gasteiger partial charge >= 0.3 is 0 Å². The van der Waals surface area contributed by atoms with E-state index in [2.05, 4.69) is 21.4 Å². The van der Waals surface area contributed by atoms with E-state index in [9.17, 15) is 4.39 Å². The Morgan fingerprint density at radius 3 is 2.90 bits per heavy atom. The molecule has 0 radical (unpaired) electrons. The fraction of sp³-hybridized carbons (Fsp3) is 0.562. The van der Waals surface area contributed by atoms with E-state index in [1.165, 1.54) is 12.5 Å². The van der Waals surface area contributed by atoms with E-state index < -0.39 is 0 Å². The van der Waals surface area contributed by atoms with Gasteiger partial charge in [-0.05, 0) is 44.0 Å². The molecule has 114 valence electrons. The Morgan fingerprint density at radius 1 is 1.43 bits per heavy atom. The average Bonchev–Trinajstić information content (AvgIpc) is 3.05. The number of benzene rings is 1. The van der Waals surface area contributed by atoms with Gasteiger partial charge in [-0.15, -0.1) is 11.6 Å². The van der Waals surface area contributed by atoms with Gasteiger partial charge in [0.05, 0.1) is 16.9 Å². The minimum Gasteiger partial charge on any atom is -0.327 e. The summed E-state index contributed by atoms with van der Waals surface area (Å²) in [5.41, 5.74) is 2.37. The maximum absolute atomic E-state index is 13.7. The Morgan fingerprint density at radius 2 is 2.24 bits per heavy atom. The van der Waals surface area contributed by atoms with Gasteiger partial charge in [0.2, 0.25) is 0 Å². The minimum absolute atomic E-state index is 0.203. The van der Waals surface area contributed by atoms with E-state index >= 15 is 0 Å². The van der Waals surface area contributed by atoms with Crippen LogP contribution in [0.15, 0.2) is 12.1 Å². The third-order valence-electron chi connectivity index (χ3n) is 4.49. The normalized spacial score (nSPS) is 19.7. The number of nitrogens with zero attached hydrogens (tertiary/aromatic N) is 3. The second-order valence-electron chi connectivity index (χ2n) is 5.91. The number of fused-ring (bicyclic) bond motifs is 1. The molecule has 21 heavy (non-hydrogen) atoms. The lowest BCUT2D eigenvalue weighted by Crippen LogP contribution is -2.21. The molecule has 0 amide bonds. The van der Waals surface area contributed by atoms with E-state index in [4.69, 9.17) is 11.6 Å². The second kappa shape index (κ2) is 5.93. The number of alkyl halides is 1. The smallest absolute Gasteiger partial charge is 0.128 e. The SMILES string of the molecule is CCN1CCC(Cn2c(CCl)nc3cc(F)c(C)cc32)C1. The van der Waals surface area contributed by atoms with Gasteiger partial charge in [-0.25, -0.2) is 9.37 Å². The van der Waals surface area contributed by atoms with Crippen LogP contribution in [0.4, 0.5) is 4.39 Å². The zero-order chi connectivity index (χ0) is 15.0. The Bertz CT molecular complexity index is 652. The molecule has 0 N–H and O–H groups in total. The highest BCUT2D eigenvalue weighted by atomic mass is 35.5. The number of likely N-dealkylation sites (tertiary alicyclic amines) is 1. The van der Waals surface area contributed by atoms with Gasteiger partial charge in [-0.3, -0.25) is 0 Å². The number of hydrogen-bond acceptors (Lipinski definition) is 2. The van der Waals surface area contributed by atoms with Crippen LogP contribution in [0, 0.1) is 18.7 Å². The summed E-state index contributed by atoms with van der Waals surface area (Å²) < 4.78 is 15.9. The summed E-state index contributed by atoms with van der Waals surface area (Å²) >= 11 is 6.04. The van der Waals surface area contributed by atoms with Gasteiger partial charge < -0.3 is 9.47 Å². The van der Waals surface area contributed by atoms with Crippen molar-refractivity contribution in [1.29, 1.82) is 0 Å². The summed E-state index contributed by atoms with van der Waals surface area (Å²) in [7, 11) is 0. The molecule has 1 atom stereocenters. The monoisotopic (exact) mass is 309 g/mol. The standard InChI is InChI=1S/C16H21ClFN3/c1-3-20-5-4-12(9-20)10-21-15-6-11(2)13(18)7-14(15)19-16(21)8-17/h6-7,12H,3-5,8-10H2,1-2H3. The molecule has 1 aromatic carbocycles. The zero-order valence-electron chi connectivity index (χ0n) is 12.6. The maximum atomic E-state index is 13.7. The molecule has 1 aliphatic heterocycles. The van der Waals surface area contributed by atoms with Crippen LogP contribution < -0.4 is 0 Å². The Hall–Kier alpha value is -1.13. The quantitative estimate of drug-likeness (QED) is 0.805. The van der Waals surface area contributed by atoms with E-state index in [0.717, 1.165) is 37.5 Å². The van der Waals surface area contributed by atoms with Gasteiger partial charge in [0.1, 0.15) is 11.6 Å². The first-order chi connectivity index (χ1) is 10.1. The van der Waals surface area contributed by atoms with E-state index in [0.29, 0.717) is 22.9 Å². The van der Waals surface area contributed by atoms with Crippen LogP contribution in [-0.2, 0) is 12.4 Å². The molecule has 1 fully saturated rings. The molecule has 1 unspecified atom stereocenters. The fourth-order valence-electron chi connectivity index (χ4n) is 3.21. The van der Waals surface area contributed by atoms with Crippen molar-refractivity contribution in [3.05, 3.63) is 29.3 Å². The third-order valence-corrected chi connectivity index (χ3v) is 4.72. The van der Waals surface area contributed by atoms with Crippen molar-refractivity contribution in [2.75, 3.05) is 19.6 Å². The van der Waals surface area contributed by atoms with Crippen LogP contribution >= 0.6 is 11.6 Å². The number of halogens is 2. The molecule has 5 heteroatoms. The van der Waals surface area contributed by atoms with Crippen molar-refractivity contribution in [3.63, 3.8) is 0 Å². The van der Waals surface area contributed by atoms with Crippen LogP contribution in [0.5, 0.6) is 0 Å². The Kier molecular flexibility index (Phi) is 4.18. The number of imidazole rings is 1. The van der Waals surface area contributed by atoms with Gasteiger partial charge in [0.25, 0.3) is 0 Å². The first-order valence-electron chi connectivity index (χ1n) is 7.56. The van der Waals surface area contributed by atoms with Gasteiger partial charge in [-0.1, -0.05) is 6.92 Å². The first kappa shape index (κ1) is 14.8. The zero-order valence-corrected chi connectivity index (χ0v) is 13.3. The lowest BCUT2D eigenvalue weighted by atomic mass is 10.1. The molecule has 0 bridgehead atoms. The molecule has 1 aliphatic rings. The van der Waals surface area contributed by atoms with Crippen LogP contribution in [0.1, 0.15) is 24.7 Å². The summed E-state index contributed by atoms with van der Waals surface area (Å²) in [6.45, 7) is 8.30. The fourth-order valence-corrected chi connectivity index (χ4v) is 3.42. The number of hydrogen-bond donors (Lipinski definition) is 0. The highest BCUT2D eigenvalue weighted by molar-refractivity contribution is 6.16. The number of aromatic nitrogens is 2. The lowest BCUT2D eigenvalue weighted by molar-refractivity contribution is 0.333. The van der Waals surface area contributed by atoms with Crippen LogP contribution in [0.3, 0.4) is 0 Å². The number of rotatable bonds is 4. The van der Waals surface area contributed by atoms with Crippen molar-refractivity contribution >= 4 is 22.6 Å². The summed E-state index contributed by atoms with van der Waals surface area (Å²) in [5, 5.41) is 0. The molecule has 0 spiro atoms. The van der Waals surface area contributed by atoms with Crippen LogP contribution in [0.25, 0.3) is 11.0 Å². The van der Waals surface area contributed by atoms with Crippen molar-refractivity contribution < 1.29 is 4.39 Å². The topological polar surface area (TPSA) is 21.1 Å². The van der Waals surface area contributed by atoms with Crippen molar-refractivity contribution in [1.82, 2.24) is 14.5 Å².